The maximum Gasteiger partial charge on any atom is 0.226 e. The van der Waals surface area contributed by atoms with Gasteiger partial charge in [0.15, 0.2) is 11.6 Å². The fraction of sp³-hybridized carbons (Fsp3) is 0.360. The number of hydrogen-bond donors (Lipinski definition) is 2. The molecule has 8 nitrogen and oxygen atoms in total. The predicted molar refractivity (Wildman–Crippen MR) is 135 cm³/mol. The summed E-state index contributed by atoms with van der Waals surface area (Å²) in [5.74, 6) is -0.909. The van der Waals surface area contributed by atoms with E-state index in [1.54, 1.807) is 6.20 Å². The molecule has 1 saturated heterocycles. The van der Waals surface area contributed by atoms with Gasteiger partial charge in [0, 0.05) is 47.7 Å². The van der Waals surface area contributed by atoms with Gasteiger partial charge in [-0.2, -0.15) is 5.26 Å². The van der Waals surface area contributed by atoms with Crippen molar-refractivity contribution in [2.45, 2.75) is 38.6 Å². The highest BCUT2D eigenvalue weighted by Crippen LogP contribution is 2.45. The fourth-order valence-electron chi connectivity index (χ4n) is 5.41. The number of fused-ring (bicyclic) bond motifs is 4. The molecular formula is C25H22F3N7OS. The number of benzene rings is 1. The van der Waals surface area contributed by atoms with Gasteiger partial charge in [-0.15, -0.1) is 11.3 Å². The normalized spacial score (nSPS) is 19.2. The molecule has 6 rings (SSSR count). The topological polar surface area (TPSA) is 113 Å². The Labute approximate surface area is 213 Å². The van der Waals surface area contributed by atoms with Crippen LogP contribution in [0.3, 0.4) is 0 Å². The van der Waals surface area contributed by atoms with E-state index in [1.165, 1.54) is 0 Å². The summed E-state index contributed by atoms with van der Waals surface area (Å²) >= 11 is 0.932. The number of nitriles is 1. The van der Waals surface area contributed by atoms with Gasteiger partial charge in [-0.25, -0.2) is 23.1 Å². The van der Waals surface area contributed by atoms with E-state index in [0.717, 1.165) is 29.5 Å². The van der Waals surface area contributed by atoms with Crippen LogP contribution in [0.5, 0.6) is 0 Å². The summed E-state index contributed by atoms with van der Waals surface area (Å²) in [6.07, 6.45) is 3.40. The van der Waals surface area contributed by atoms with Gasteiger partial charge in [0.2, 0.25) is 5.95 Å². The van der Waals surface area contributed by atoms with Crippen molar-refractivity contribution in [3.05, 3.63) is 40.7 Å². The second kappa shape index (κ2) is 9.09. The summed E-state index contributed by atoms with van der Waals surface area (Å²) in [6.45, 7) is 2.81. The van der Waals surface area contributed by atoms with E-state index in [0.29, 0.717) is 23.4 Å². The molecule has 0 amide bonds. The highest BCUT2D eigenvalue weighted by molar-refractivity contribution is 7.23. The molecule has 1 aromatic carbocycles. The maximum absolute atomic E-state index is 16.4. The third kappa shape index (κ3) is 3.60. The standard InChI is InChI=1S/C25H22F3N7OS/c1-11-17(31-4-3-26)2-5-35(11)25-33-7-13-14-9-36-10-15(14)18(20(28)21(13)34-25)22-19-12(6-29)24(30)37-23(19)16(27)8-32-22/h7-8,11,17,31H,2-5,9-10,30H2,1H3/t11-,17-/m0/s1. The monoisotopic (exact) mass is 525 g/mol. The van der Waals surface area contributed by atoms with Crippen molar-refractivity contribution >= 4 is 43.3 Å². The summed E-state index contributed by atoms with van der Waals surface area (Å²) in [6, 6.07) is 2.06. The van der Waals surface area contributed by atoms with Gasteiger partial charge < -0.3 is 20.7 Å². The number of hydrogen-bond acceptors (Lipinski definition) is 9. The Morgan fingerprint density at radius 1 is 1.27 bits per heavy atom. The van der Waals surface area contributed by atoms with E-state index in [1.807, 2.05) is 17.9 Å². The van der Waals surface area contributed by atoms with E-state index in [9.17, 15) is 14.0 Å². The van der Waals surface area contributed by atoms with Crippen LogP contribution in [-0.2, 0) is 18.0 Å². The minimum atomic E-state index is -0.643. The molecule has 0 saturated carbocycles. The molecule has 0 spiro atoms. The number of thiophene rings is 1. The predicted octanol–water partition coefficient (Wildman–Crippen LogP) is 4.20. The minimum absolute atomic E-state index is 0.0188. The number of rotatable bonds is 5. The van der Waals surface area contributed by atoms with Crippen molar-refractivity contribution in [1.29, 1.82) is 5.26 Å². The summed E-state index contributed by atoms with van der Waals surface area (Å²) in [4.78, 5) is 15.4. The van der Waals surface area contributed by atoms with Crippen LogP contribution in [0.25, 0.3) is 32.2 Å². The van der Waals surface area contributed by atoms with Gasteiger partial charge in [0.05, 0.1) is 35.4 Å². The van der Waals surface area contributed by atoms with Crippen molar-refractivity contribution in [3.8, 4) is 17.3 Å². The lowest BCUT2D eigenvalue weighted by atomic mass is 9.94. The van der Waals surface area contributed by atoms with Crippen molar-refractivity contribution in [2.24, 2.45) is 0 Å². The zero-order valence-electron chi connectivity index (χ0n) is 19.8. The number of ether oxygens (including phenoxy) is 1. The number of aromatic nitrogens is 3. The second-order valence-electron chi connectivity index (χ2n) is 9.16. The lowest BCUT2D eigenvalue weighted by molar-refractivity contribution is 0.135. The number of pyridine rings is 1. The van der Waals surface area contributed by atoms with Crippen LogP contribution in [0, 0.1) is 23.0 Å². The van der Waals surface area contributed by atoms with Crippen LogP contribution < -0.4 is 16.0 Å². The Hall–Kier alpha value is -3.53. The molecule has 0 bridgehead atoms. The van der Waals surface area contributed by atoms with Crippen LogP contribution in [0.2, 0.25) is 0 Å². The first kappa shape index (κ1) is 23.8. The first-order chi connectivity index (χ1) is 17.9. The summed E-state index contributed by atoms with van der Waals surface area (Å²) in [7, 11) is 0. The zero-order valence-corrected chi connectivity index (χ0v) is 20.6. The van der Waals surface area contributed by atoms with Crippen molar-refractivity contribution < 1.29 is 17.9 Å². The number of nitrogens with one attached hydrogen (secondary N) is 1. The minimum Gasteiger partial charge on any atom is -0.389 e. The smallest absolute Gasteiger partial charge is 0.226 e. The number of nitrogens with two attached hydrogens (primary N) is 1. The first-order valence-electron chi connectivity index (χ1n) is 11.8. The molecule has 2 aliphatic rings. The molecule has 1 fully saturated rings. The largest absolute Gasteiger partial charge is 0.389 e. The Morgan fingerprint density at radius 2 is 2.08 bits per heavy atom. The number of halogens is 3. The highest BCUT2D eigenvalue weighted by atomic mass is 32.1. The molecule has 3 aromatic heterocycles. The summed E-state index contributed by atoms with van der Waals surface area (Å²) < 4.78 is 49.5. The third-order valence-corrected chi connectivity index (χ3v) is 8.27. The zero-order chi connectivity index (χ0) is 25.8. The highest BCUT2D eigenvalue weighted by Gasteiger charge is 2.34. The van der Waals surface area contributed by atoms with Gasteiger partial charge in [-0.3, -0.25) is 4.98 Å². The van der Waals surface area contributed by atoms with Crippen LogP contribution in [-0.4, -0.2) is 46.8 Å². The number of anilines is 2. The van der Waals surface area contributed by atoms with Crippen LogP contribution >= 0.6 is 11.3 Å². The molecular weight excluding hydrogens is 503 g/mol. The quantitative estimate of drug-likeness (QED) is 0.399. The Kier molecular flexibility index (Phi) is 5.86. The van der Waals surface area contributed by atoms with Gasteiger partial charge in [0.1, 0.15) is 23.3 Å². The van der Waals surface area contributed by atoms with E-state index >= 15 is 4.39 Å². The Balaban J connectivity index is 1.55. The SMILES string of the molecule is C[C@H]1[C@@H](NCCF)CCN1c1ncc2c3c(c(-c4ncc(F)c5sc(N)c(C#N)c45)c(F)c2n1)COC3. The van der Waals surface area contributed by atoms with Crippen LogP contribution in [0.1, 0.15) is 30.0 Å². The number of alkyl halides is 1. The van der Waals surface area contributed by atoms with Crippen LogP contribution in [0.4, 0.5) is 24.1 Å². The maximum atomic E-state index is 16.4. The molecule has 37 heavy (non-hydrogen) atoms. The van der Waals surface area contributed by atoms with Gasteiger partial charge in [-0.05, 0) is 24.5 Å². The van der Waals surface area contributed by atoms with Gasteiger partial charge >= 0.3 is 0 Å². The molecule has 4 aromatic rings. The number of nitrogen functional groups attached to an aromatic ring is 1. The van der Waals surface area contributed by atoms with E-state index in [4.69, 9.17) is 10.5 Å². The van der Waals surface area contributed by atoms with Crippen molar-refractivity contribution in [2.75, 3.05) is 30.4 Å². The lowest BCUT2D eigenvalue weighted by Gasteiger charge is -2.25. The Bertz CT molecular complexity index is 1600. The van der Waals surface area contributed by atoms with E-state index < -0.39 is 18.3 Å². The average Bonchev–Trinajstić information content (AvgIpc) is 3.61. The molecule has 2 aliphatic heterocycles. The third-order valence-electron chi connectivity index (χ3n) is 7.25. The summed E-state index contributed by atoms with van der Waals surface area (Å²) in [5, 5.41) is 13.8. The fourth-order valence-corrected chi connectivity index (χ4v) is 6.33. The van der Waals surface area contributed by atoms with E-state index in [-0.39, 0.29) is 69.3 Å². The first-order valence-corrected chi connectivity index (χ1v) is 12.7. The Morgan fingerprint density at radius 3 is 2.86 bits per heavy atom. The van der Waals surface area contributed by atoms with Gasteiger partial charge in [0.25, 0.3) is 0 Å². The molecule has 2 atom stereocenters. The molecule has 190 valence electrons. The van der Waals surface area contributed by atoms with E-state index in [2.05, 4.69) is 20.3 Å². The molecule has 0 unspecified atom stereocenters. The summed E-state index contributed by atoms with van der Waals surface area (Å²) in [5.41, 5.74) is 7.72. The van der Waals surface area contributed by atoms with Crippen LogP contribution in [0.15, 0.2) is 12.4 Å². The molecule has 0 radical (unpaired) electrons. The molecule has 5 heterocycles. The average molecular weight is 526 g/mol. The number of nitrogens with zero attached hydrogens (tertiary/aromatic N) is 5. The van der Waals surface area contributed by atoms with Crippen molar-refractivity contribution in [1.82, 2.24) is 20.3 Å². The molecule has 3 N–H and O–H groups in total. The lowest BCUT2D eigenvalue weighted by Crippen LogP contribution is -2.41. The van der Waals surface area contributed by atoms with Gasteiger partial charge in [-0.1, -0.05) is 0 Å². The second-order valence-corrected chi connectivity index (χ2v) is 10.2. The molecule has 0 aliphatic carbocycles. The van der Waals surface area contributed by atoms with Crippen molar-refractivity contribution in [3.63, 3.8) is 0 Å². The molecule has 12 heteroatoms.